The number of rotatable bonds is 6. The van der Waals surface area contributed by atoms with Gasteiger partial charge >= 0.3 is 5.97 Å². The van der Waals surface area contributed by atoms with Gasteiger partial charge in [-0.2, -0.15) is 0 Å². The summed E-state index contributed by atoms with van der Waals surface area (Å²) in [5, 5.41) is 8.64. The zero-order valence-corrected chi connectivity index (χ0v) is 11.2. The van der Waals surface area contributed by atoms with E-state index in [1.807, 2.05) is 31.2 Å². The van der Waals surface area contributed by atoms with Crippen molar-refractivity contribution < 1.29 is 14.7 Å². The molecule has 0 saturated heterocycles. The molecule has 4 nitrogen and oxygen atoms in total. The van der Waals surface area contributed by atoms with E-state index in [2.05, 4.69) is 0 Å². The summed E-state index contributed by atoms with van der Waals surface area (Å²) in [7, 11) is 0. The molecule has 98 valence electrons. The van der Waals surface area contributed by atoms with Gasteiger partial charge in [0.1, 0.15) is 11.8 Å². The Morgan fingerprint density at radius 3 is 2.33 bits per heavy atom. The van der Waals surface area contributed by atoms with Gasteiger partial charge in [0.25, 0.3) is 0 Å². The van der Waals surface area contributed by atoms with Gasteiger partial charge < -0.3 is 10.8 Å². The predicted octanol–water partition coefficient (Wildman–Crippen LogP) is 1.71. The van der Waals surface area contributed by atoms with Crippen molar-refractivity contribution in [1.82, 2.24) is 0 Å². The number of carbonyl (C=O) groups excluding carboxylic acids is 1. The summed E-state index contributed by atoms with van der Waals surface area (Å²) < 4.78 is 0. The minimum Gasteiger partial charge on any atom is -0.480 e. The molecule has 0 radical (unpaired) electrons. The number of Topliss-reactive ketones (excluding diaryl/α,β-unsaturated/α-hetero) is 1. The molecule has 18 heavy (non-hydrogen) atoms. The normalized spacial score (nSPS) is 13.9. The third-order valence-electron chi connectivity index (χ3n) is 2.58. The standard InChI is InChI=1S/C13H17NO3S/c1-8(15)9(2)18-11-5-3-10(4-6-11)7-12(14)13(16)17/h3-6,9,12H,7,14H2,1-2H3,(H,16,17). The van der Waals surface area contributed by atoms with Crippen molar-refractivity contribution in [2.45, 2.75) is 36.5 Å². The van der Waals surface area contributed by atoms with E-state index in [-0.39, 0.29) is 11.0 Å². The van der Waals surface area contributed by atoms with Crippen molar-refractivity contribution in [2.24, 2.45) is 5.73 Å². The number of hydrogen-bond donors (Lipinski definition) is 2. The summed E-state index contributed by atoms with van der Waals surface area (Å²) in [4.78, 5) is 22.7. The van der Waals surface area contributed by atoms with E-state index in [1.165, 1.54) is 11.8 Å². The van der Waals surface area contributed by atoms with Crippen molar-refractivity contribution in [3.8, 4) is 0 Å². The Labute approximate surface area is 111 Å². The lowest BCUT2D eigenvalue weighted by Gasteiger charge is -2.09. The molecule has 2 unspecified atom stereocenters. The van der Waals surface area contributed by atoms with Crippen LogP contribution in [0.4, 0.5) is 0 Å². The second kappa shape index (κ2) is 6.56. The molecule has 0 heterocycles. The maximum absolute atomic E-state index is 11.1. The maximum Gasteiger partial charge on any atom is 0.320 e. The molecular formula is C13H17NO3S. The molecule has 0 aliphatic carbocycles. The lowest BCUT2D eigenvalue weighted by atomic mass is 10.1. The number of carbonyl (C=O) groups is 2. The van der Waals surface area contributed by atoms with Gasteiger partial charge in [-0.1, -0.05) is 12.1 Å². The van der Waals surface area contributed by atoms with Crippen LogP contribution in [0, 0.1) is 0 Å². The molecule has 0 bridgehead atoms. The first-order valence-corrected chi connectivity index (χ1v) is 6.52. The van der Waals surface area contributed by atoms with Crippen LogP contribution in [-0.2, 0) is 16.0 Å². The van der Waals surface area contributed by atoms with Gasteiger partial charge in [-0.3, -0.25) is 9.59 Å². The highest BCUT2D eigenvalue weighted by Crippen LogP contribution is 2.24. The smallest absolute Gasteiger partial charge is 0.320 e. The van der Waals surface area contributed by atoms with E-state index in [1.54, 1.807) is 6.92 Å². The maximum atomic E-state index is 11.1. The first-order valence-electron chi connectivity index (χ1n) is 5.64. The number of hydrogen-bond acceptors (Lipinski definition) is 4. The van der Waals surface area contributed by atoms with Crippen LogP contribution in [-0.4, -0.2) is 28.2 Å². The number of benzene rings is 1. The second-order valence-corrected chi connectivity index (χ2v) is 5.58. The van der Waals surface area contributed by atoms with Crippen molar-refractivity contribution in [3.63, 3.8) is 0 Å². The molecule has 0 aliphatic rings. The molecule has 0 spiro atoms. The predicted molar refractivity (Wildman–Crippen MR) is 71.8 cm³/mol. The highest BCUT2D eigenvalue weighted by molar-refractivity contribution is 8.00. The summed E-state index contributed by atoms with van der Waals surface area (Å²) in [5.74, 6) is -0.865. The summed E-state index contributed by atoms with van der Waals surface area (Å²) >= 11 is 1.49. The van der Waals surface area contributed by atoms with Crippen molar-refractivity contribution >= 4 is 23.5 Å². The van der Waals surface area contributed by atoms with Gasteiger partial charge in [0.15, 0.2) is 0 Å². The van der Waals surface area contributed by atoms with E-state index in [0.717, 1.165) is 10.5 Å². The fourth-order valence-electron chi connectivity index (χ4n) is 1.33. The van der Waals surface area contributed by atoms with E-state index in [0.29, 0.717) is 6.42 Å². The first-order chi connectivity index (χ1) is 8.40. The zero-order valence-electron chi connectivity index (χ0n) is 10.4. The van der Waals surface area contributed by atoms with E-state index in [4.69, 9.17) is 10.8 Å². The van der Waals surface area contributed by atoms with Crippen LogP contribution >= 0.6 is 11.8 Å². The van der Waals surface area contributed by atoms with E-state index < -0.39 is 12.0 Å². The molecule has 5 heteroatoms. The number of thioether (sulfide) groups is 1. The summed E-state index contributed by atoms with van der Waals surface area (Å²) in [6.45, 7) is 3.43. The Hall–Kier alpha value is -1.33. The first kappa shape index (κ1) is 14.7. The third kappa shape index (κ3) is 4.50. The largest absolute Gasteiger partial charge is 0.480 e. The number of nitrogens with two attached hydrogens (primary N) is 1. The van der Waals surface area contributed by atoms with Crippen LogP contribution in [0.5, 0.6) is 0 Å². The van der Waals surface area contributed by atoms with Crippen molar-refractivity contribution in [3.05, 3.63) is 29.8 Å². The molecule has 2 atom stereocenters. The highest BCUT2D eigenvalue weighted by atomic mass is 32.2. The van der Waals surface area contributed by atoms with Crippen LogP contribution in [0.1, 0.15) is 19.4 Å². The van der Waals surface area contributed by atoms with Crippen LogP contribution in [0.25, 0.3) is 0 Å². The van der Waals surface area contributed by atoms with Gasteiger partial charge in [-0.05, 0) is 38.0 Å². The van der Waals surface area contributed by atoms with Crippen LogP contribution in [0.2, 0.25) is 0 Å². The molecule has 0 fully saturated rings. The van der Waals surface area contributed by atoms with Gasteiger partial charge in [-0.15, -0.1) is 11.8 Å². The van der Waals surface area contributed by atoms with Gasteiger partial charge in [0.05, 0.1) is 5.25 Å². The molecule has 0 amide bonds. The van der Waals surface area contributed by atoms with Crippen LogP contribution in [0.15, 0.2) is 29.2 Å². The van der Waals surface area contributed by atoms with Crippen molar-refractivity contribution in [1.29, 1.82) is 0 Å². The second-order valence-electron chi connectivity index (χ2n) is 4.16. The monoisotopic (exact) mass is 267 g/mol. The molecule has 1 aromatic carbocycles. The number of ketones is 1. The van der Waals surface area contributed by atoms with Crippen LogP contribution in [0.3, 0.4) is 0 Å². The topological polar surface area (TPSA) is 80.4 Å². The Morgan fingerprint density at radius 2 is 1.89 bits per heavy atom. The Kier molecular flexibility index (Phi) is 5.37. The SMILES string of the molecule is CC(=O)C(C)Sc1ccc(CC(N)C(=O)O)cc1. The molecule has 3 N–H and O–H groups in total. The highest BCUT2D eigenvalue weighted by Gasteiger charge is 2.12. The van der Waals surface area contributed by atoms with E-state index >= 15 is 0 Å². The summed E-state index contributed by atoms with van der Waals surface area (Å²) in [5.41, 5.74) is 6.34. The quantitative estimate of drug-likeness (QED) is 0.767. The lowest BCUT2D eigenvalue weighted by molar-refractivity contribution is -0.138. The molecule has 1 rings (SSSR count). The molecular weight excluding hydrogens is 250 g/mol. The molecule has 0 aliphatic heterocycles. The zero-order chi connectivity index (χ0) is 13.7. The summed E-state index contributed by atoms with van der Waals surface area (Å²) in [6.07, 6.45) is 0.308. The average Bonchev–Trinajstić information content (AvgIpc) is 2.31. The van der Waals surface area contributed by atoms with Crippen molar-refractivity contribution in [2.75, 3.05) is 0 Å². The Morgan fingerprint density at radius 1 is 1.33 bits per heavy atom. The van der Waals surface area contributed by atoms with Gasteiger partial charge in [-0.25, -0.2) is 0 Å². The van der Waals surface area contributed by atoms with E-state index in [9.17, 15) is 9.59 Å². The number of aliphatic carboxylic acids is 1. The minimum absolute atomic E-state index is 0.0721. The number of carboxylic acids is 1. The Balaban J connectivity index is 2.63. The molecule has 0 aromatic heterocycles. The summed E-state index contributed by atoms with van der Waals surface area (Å²) in [6, 6.07) is 6.58. The van der Waals surface area contributed by atoms with Crippen LogP contribution < -0.4 is 5.73 Å². The lowest BCUT2D eigenvalue weighted by Crippen LogP contribution is -2.32. The van der Waals surface area contributed by atoms with Gasteiger partial charge in [0.2, 0.25) is 0 Å². The average molecular weight is 267 g/mol. The molecule has 0 saturated carbocycles. The minimum atomic E-state index is -1.00. The number of carboxylic acid groups (broad SMARTS) is 1. The fourth-order valence-corrected chi connectivity index (χ4v) is 2.20. The Bertz CT molecular complexity index is 389. The van der Waals surface area contributed by atoms with Gasteiger partial charge in [0, 0.05) is 4.90 Å². The fraction of sp³-hybridized carbons (Fsp3) is 0.385. The third-order valence-corrected chi connectivity index (χ3v) is 3.81. The molecule has 1 aromatic rings.